The maximum Gasteiger partial charge on any atom is 0.416 e. The van der Waals surface area contributed by atoms with Gasteiger partial charge in [-0.1, -0.05) is 24.3 Å². The molecule has 2 aromatic carbocycles. The number of aryl methyl sites for hydroxylation is 1. The second-order valence-corrected chi connectivity index (χ2v) is 7.90. The highest BCUT2D eigenvalue weighted by atomic mass is 32.1. The number of halogens is 3. The van der Waals surface area contributed by atoms with Crippen LogP contribution in [-0.4, -0.2) is 17.7 Å². The zero-order valence-corrected chi connectivity index (χ0v) is 16.7. The van der Waals surface area contributed by atoms with Crippen molar-refractivity contribution in [2.45, 2.75) is 25.9 Å². The molecule has 5 nitrogen and oxygen atoms in total. The Bertz CT molecular complexity index is 1100. The fourth-order valence-corrected chi connectivity index (χ4v) is 4.10. The molecule has 1 N–H and O–H groups in total. The summed E-state index contributed by atoms with van der Waals surface area (Å²) in [7, 11) is 0. The van der Waals surface area contributed by atoms with Crippen molar-refractivity contribution in [3.63, 3.8) is 0 Å². The number of nitrogens with zero attached hydrogens (tertiary/aromatic N) is 1. The van der Waals surface area contributed by atoms with E-state index in [0.717, 1.165) is 28.3 Å². The van der Waals surface area contributed by atoms with Crippen LogP contribution in [0.1, 0.15) is 27.3 Å². The van der Waals surface area contributed by atoms with Crippen molar-refractivity contribution in [3.05, 3.63) is 69.7 Å². The number of benzene rings is 2. The maximum absolute atomic E-state index is 12.8. The minimum Gasteiger partial charge on any atom is -0.454 e. The van der Waals surface area contributed by atoms with Crippen LogP contribution in [0, 0.1) is 6.92 Å². The number of fused-ring (bicyclic) bond motifs is 1. The molecule has 4 rings (SSSR count). The largest absolute Gasteiger partial charge is 0.454 e. The van der Waals surface area contributed by atoms with E-state index in [2.05, 4.69) is 10.3 Å². The lowest BCUT2D eigenvalue weighted by Gasteiger charge is -2.08. The molecule has 0 saturated heterocycles. The van der Waals surface area contributed by atoms with Crippen LogP contribution in [-0.2, 0) is 23.8 Å². The van der Waals surface area contributed by atoms with Gasteiger partial charge < -0.3 is 14.8 Å². The third kappa shape index (κ3) is 4.56. The van der Waals surface area contributed by atoms with Crippen LogP contribution in [0.15, 0.2) is 42.5 Å². The van der Waals surface area contributed by atoms with Gasteiger partial charge in [0.05, 0.1) is 17.7 Å². The fraction of sp³-hybridized carbons (Fsp3) is 0.238. The van der Waals surface area contributed by atoms with E-state index in [1.54, 1.807) is 0 Å². The number of nitrogens with one attached hydrogen (secondary N) is 1. The van der Waals surface area contributed by atoms with E-state index in [0.29, 0.717) is 23.1 Å². The van der Waals surface area contributed by atoms with Gasteiger partial charge in [0.2, 0.25) is 12.7 Å². The number of aromatic nitrogens is 1. The van der Waals surface area contributed by atoms with Gasteiger partial charge in [-0.05, 0) is 36.2 Å². The second kappa shape index (κ2) is 7.98. The van der Waals surface area contributed by atoms with Crippen molar-refractivity contribution in [2.75, 3.05) is 12.1 Å². The maximum atomic E-state index is 12.8. The van der Waals surface area contributed by atoms with Crippen molar-refractivity contribution in [2.24, 2.45) is 0 Å². The van der Waals surface area contributed by atoms with E-state index in [4.69, 9.17) is 9.47 Å². The Balaban J connectivity index is 1.41. The lowest BCUT2D eigenvalue weighted by molar-refractivity contribution is -0.137. The smallest absolute Gasteiger partial charge is 0.416 e. The van der Waals surface area contributed by atoms with Crippen LogP contribution < -0.4 is 14.8 Å². The van der Waals surface area contributed by atoms with E-state index < -0.39 is 17.6 Å². The zero-order chi connectivity index (χ0) is 21.3. The molecule has 1 aliphatic heterocycles. The molecule has 0 saturated carbocycles. The molecule has 30 heavy (non-hydrogen) atoms. The topological polar surface area (TPSA) is 60.5 Å². The van der Waals surface area contributed by atoms with Gasteiger partial charge in [-0.25, -0.2) is 4.98 Å². The molecule has 2 heterocycles. The van der Waals surface area contributed by atoms with Crippen molar-refractivity contribution >= 4 is 22.4 Å². The van der Waals surface area contributed by atoms with Crippen LogP contribution in [0.4, 0.5) is 18.3 Å². The van der Waals surface area contributed by atoms with Gasteiger partial charge in [0.1, 0.15) is 0 Å². The monoisotopic (exact) mass is 434 g/mol. The van der Waals surface area contributed by atoms with Crippen molar-refractivity contribution in [3.8, 4) is 11.5 Å². The first-order valence-electron chi connectivity index (χ1n) is 9.09. The first-order chi connectivity index (χ1) is 14.3. The zero-order valence-electron chi connectivity index (χ0n) is 15.9. The minimum absolute atomic E-state index is 0.167. The lowest BCUT2D eigenvalue weighted by atomic mass is 10.1. The molecule has 0 aliphatic carbocycles. The average molecular weight is 434 g/mol. The minimum atomic E-state index is -4.44. The molecule has 9 heteroatoms. The number of hydrogen-bond acceptors (Lipinski definition) is 5. The Morgan fingerprint density at radius 1 is 1.13 bits per heavy atom. The fourth-order valence-electron chi connectivity index (χ4n) is 3.09. The molecule has 1 aromatic heterocycles. The third-order valence-electron chi connectivity index (χ3n) is 4.56. The van der Waals surface area contributed by atoms with E-state index in [1.807, 2.05) is 25.1 Å². The highest BCUT2D eigenvalue weighted by molar-refractivity contribution is 7.15. The van der Waals surface area contributed by atoms with E-state index >= 15 is 0 Å². The SMILES string of the molecule is Cc1nc(NC(=O)Cc2cccc(C(F)(F)F)c2)sc1Cc1ccc2c(c1)OCO2. The summed E-state index contributed by atoms with van der Waals surface area (Å²) in [5, 5.41) is 3.10. The van der Waals surface area contributed by atoms with E-state index in [1.165, 1.54) is 23.5 Å². The van der Waals surface area contributed by atoms with Crippen LogP contribution in [0.5, 0.6) is 11.5 Å². The van der Waals surface area contributed by atoms with Crippen molar-refractivity contribution in [1.29, 1.82) is 0 Å². The Kier molecular flexibility index (Phi) is 5.38. The summed E-state index contributed by atoms with van der Waals surface area (Å²) in [4.78, 5) is 17.6. The third-order valence-corrected chi connectivity index (χ3v) is 5.63. The van der Waals surface area contributed by atoms with Gasteiger partial charge in [-0.3, -0.25) is 4.79 Å². The summed E-state index contributed by atoms with van der Waals surface area (Å²) in [6.07, 6.45) is -3.99. The Hall–Kier alpha value is -3.07. The van der Waals surface area contributed by atoms with Crippen LogP contribution >= 0.6 is 11.3 Å². The molecule has 1 amide bonds. The second-order valence-electron chi connectivity index (χ2n) is 6.82. The number of amides is 1. The average Bonchev–Trinajstić information content (AvgIpc) is 3.27. The van der Waals surface area contributed by atoms with E-state index in [9.17, 15) is 18.0 Å². The molecule has 3 aromatic rings. The number of carbonyl (C=O) groups is 1. The number of anilines is 1. The van der Waals surface area contributed by atoms with Crippen LogP contribution in [0.3, 0.4) is 0 Å². The Morgan fingerprint density at radius 2 is 1.93 bits per heavy atom. The Morgan fingerprint density at radius 3 is 2.73 bits per heavy atom. The van der Waals surface area contributed by atoms with Gasteiger partial charge in [0.25, 0.3) is 0 Å². The molecule has 0 fully saturated rings. The number of alkyl halides is 3. The van der Waals surface area contributed by atoms with Gasteiger partial charge in [-0.2, -0.15) is 13.2 Å². The first kappa shape index (κ1) is 20.2. The summed E-state index contributed by atoms with van der Waals surface area (Å²) in [6, 6.07) is 10.5. The Labute approximate surface area is 174 Å². The summed E-state index contributed by atoms with van der Waals surface area (Å²) >= 11 is 1.34. The summed E-state index contributed by atoms with van der Waals surface area (Å²) in [5.74, 6) is 0.990. The molecule has 0 atom stereocenters. The number of ether oxygens (including phenoxy) is 2. The van der Waals surface area contributed by atoms with Crippen LogP contribution in [0.2, 0.25) is 0 Å². The van der Waals surface area contributed by atoms with Crippen molar-refractivity contribution < 1.29 is 27.4 Å². The standard InChI is InChI=1S/C21H17F3N2O3S/c1-12-18(9-14-5-6-16-17(8-14)29-11-28-16)30-20(25-12)26-19(27)10-13-3-2-4-15(7-13)21(22,23)24/h2-8H,9-11H2,1H3,(H,25,26,27). The van der Waals surface area contributed by atoms with Gasteiger partial charge >= 0.3 is 6.18 Å². The molecule has 0 radical (unpaired) electrons. The summed E-state index contributed by atoms with van der Waals surface area (Å²) in [5.41, 5.74) is 1.32. The van der Waals surface area contributed by atoms with Gasteiger partial charge in [0, 0.05) is 11.3 Å². The quantitative estimate of drug-likeness (QED) is 0.616. The normalized spacial score (nSPS) is 12.8. The number of carbonyl (C=O) groups excluding carboxylic acids is 1. The molecule has 0 spiro atoms. The molecule has 1 aliphatic rings. The summed E-state index contributed by atoms with van der Waals surface area (Å²) < 4.78 is 49.2. The number of thiazole rings is 1. The van der Waals surface area contributed by atoms with Gasteiger partial charge in [-0.15, -0.1) is 11.3 Å². The first-order valence-corrected chi connectivity index (χ1v) is 9.90. The predicted molar refractivity (Wildman–Crippen MR) is 106 cm³/mol. The highest BCUT2D eigenvalue weighted by Crippen LogP contribution is 2.34. The molecular formula is C21H17F3N2O3S. The lowest BCUT2D eigenvalue weighted by Crippen LogP contribution is -2.15. The molecule has 0 unspecified atom stereocenters. The number of rotatable bonds is 5. The molecule has 0 bridgehead atoms. The van der Waals surface area contributed by atoms with Crippen molar-refractivity contribution in [1.82, 2.24) is 4.98 Å². The number of hydrogen-bond donors (Lipinski definition) is 1. The highest BCUT2D eigenvalue weighted by Gasteiger charge is 2.30. The predicted octanol–water partition coefficient (Wildman–Crippen LogP) is 4.97. The molecular weight excluding hydrogens is 417 g/mol. The van der Waals surface area contributed by atoms with Gasteiger partial charge in [0.15, 0.2) is 16.6 Å². The van der Waals surface area contributed by atoms with E-state index in [-0.39, 0.29) is 18.8 Å². The van der Waals surface area contributed by atoms with Crippen LogP contribution in [0.25, 0.3) is 0 Å². The summed E-state index contributed by atoms with van der Waals surface area (Å²) in [6.45, 7) is 2.06. The molecule has 156 valence electrons.